The first kappa shape index (κ1) is 19.2. The second kappa shape index (κ2) is 7.38. The molecule has 0 bridgehead atoms. The summed E-state index contributed by atoms with van der Waals surface area (Å²) in [6.45, 7) is 2.84. The van der Waals surface area contributed by atoms with Crippen LogP contribution in [0.4, 0.5) is 10.5 Å². The van der Waals surface area contributed by atoms with Crippen molar-refractivity contribution < 1.29 is 33.9 Å². The van der Waals surface area contributed by atoms with Crippen LogP contribution >= 0.6 is 0 Å². The number of non-ortho nitro benzene ring substituents is 1. The second-order valence-electron chi connectivity index (χ2n) is 6.30. The highest BCUT2D eigenvalue weighted by Gasteiger charge is 2.44. The maximum atomic E-state index is 12.0. The fourth-order valence-corrected chi connectivity index (χ4v) is 2.63. The lowest BCUT2D eigenvalue weighted by Crippen LogP contribution is -2.49. The average molecular weight is 366 g/mol. The van der Waals surface area contributed by atoms with E-state index >= 15 is 0 Å². The third-order valence-electron chi connectivity index (χ3n) is 3.74. The number of hydrogen-bond donors (Lipinski definition) is 2. The number of rotatable bonds is 6. The van der Waals surface area contributed by atoms with Gasteiger partial charge in [0.1, 0.15) is 0 Å². The van der Waals surface area contributed by atoms with Gasteiger partial charge in [-0.2, -0.15) is 0 Å². The van der Waals surface area contributed by atoms with Crippen LogP contribution in [0, 0.1) is 16.0 Å². The first-order valence-electron chi connectivity index (χ1n) is 7.76. The summed E-state index contributed by atoms with van der Waals surface area (Å²) in [5.74, 6) is -4.18. The van der Waals surface area contributed by atoms with Gasteiger partial charge in [-0.25, -0.2) is 4.79 Å². The minimum atomic E-state index is -1.36. The lowest BCUT2D eigenvalue weighted by Gasteiger charge is -2.34. The van der Waals surface area contributed by atoms with E-state index in [1.807, 2.05) is 0 Å². The quantitative estimate of drug-likeness (QED) is 0.334. The highest BCUT2D eigenvalue weighted by Crippen LogP contribution is 2.26. The molecule has 1 atom stereocenters. The summed E-state index contributed by atoms with van der Waals surface area (Å²) in [5.41, 5.74) is 0.505. The van der Waals surface area contributed by atoms with Crippen LogP contribution < -0.4 is 5.32 Å². The molecule has 10 heteroatoms. The van der Waals surface area contributed by atoms with E-state index in [1.54, 1.807) is 0 Å². The van der Waals surface area contributed by atoms with Crippen molar-refractivity contribution in [1.29, 1.82) is 0 Å². The van der Waals surface area contributed by atoms with E-state index in [0.29, 0.717) is 5.56 Å². The van der Waals surface area contributed by atoms with Crippen LogP contribution in [0.25, 0.3) is 0 Å². The normalized spacial score (nSPS) is 17.8. The van der Waals surface area contributed by atoms with E-state index in [-0.39, 0.29) is 18.5 Å². The van der Waals surface area contributed by atoms with Gasteiger partial charge in [0, 0.05) is 32.0 Å². The molecule has 0 aliphatic carbocycles. The number of hydrogen-bond acceptors (Lipinski definition) is 7. The van der Waals surface area contributed by atoms with E-state index in [0.717, 1.165) is 0 Å². The molecule has 1 aromatic carbocycles. The molecule has 140 valence electrons. The van der Waals surface area contributed by atoms with Crippen molar-refractivity contribution >= 4 is 23.7 Å². The zero-order valence-corrected chi connectivity index (χ0v) is 14.1. The van der Waals surface area contributed by atoms with Crippen LogP contribution in [0.5, 0.6) is 0 Å². The molecule has 2 N–H and O–H groups in total. The zero-order chi connectivity index (χ0) is 19.5. The molecule has 1 fully saturated rings. The molecule has 2 rings (SSSR count). The highest BCUT2D eigenvalue weighted by molar-refractivity contribution is 5.96. The molecule has 0 saturated carbocycles. The van der Waals surface area contributed by atoms with Gasteiger partial charge < -0.3 is 19.9 Å². The van der Waals surface area contributed by atoms with Crippen LogP contribution in [-0.4, -0.2) is 39.9 Å². The van der Waals surface area contributed by atoms with Crippen LogP contribution in [-0.2, 0) is 25.5 Å². The van der Waals surface area contributed by atoms with Crippen LogP contribution in [0.15, 0.2) is 24.3 Å². The average Bonchev–Trinajstić information content (AvgIpc) is 2.49. The molecular formula is C16H18N2O8. The fourth-order valence-electron chi connectivity index (χ4n) is 2.63. The first-order valence-corrected chi connectivity index (χ1v) is 7.76. The Morgan fingerprint density at radius 2 is 1.81 bits per heavy atom. The van der Waals surface area contributed by atoms with Crippen molar-refractivity contribution in [3.05, 3.63) is 39.9 Å². The third kappa shape index (κ3) is 4.91. The van der Waals surface area contributed by atoms with Crippen LogP contribution in [0.2, 0.25) is 0 Å². The Morgan fingerprint density at radius 1 is 1.27 bits per heavy atom. The van der Waals surface area contributed by atoms with Gasteiger partial charge in [0.05, 0.1) is 4.92 Å². The summed E-state index contributed by atoms with van der Waals surface area (Å²) >= 11 is 0. The smallest absolute Gasteiger partial charge is 0.404 e. The summed E-state index contributed by atoms with van der Waals surface area (Å²) in [6.07, 6.45) is -1.35. The number of nitrogens with zero attached hydrogens (tertiary/aromatic N) is 1. The molecule has 0 spiro atoms. The molecule has 10 nitrogen and oxygen atoms in total. The number of ether oxygens (including phenoxy) is 2. The maximum absolute atomic E-state index is 12.0. The largest absolute Gasteiger partial charge is 0.465 e. The van der Waals surface area contributed by atoms with Crippen molar-refractivity contribution in [3.63, 3.8) is 0 Å². The molecule has 0 unspecified atom stereocenters. The molecule has 0 aromatic heterocycles. The van der Waals surface area contributed by atoms with Crippen molar-refractivity contribution in [2.24, 2.45) is 5.92 Å². The Balaban J connectivity index is 2.12. The van der Waals surface area contributed by atoms with Gasteiger partial charge in [0.2, 0.25) is 0 Å². The van der Waals surface area contributed by atoms with Crippen molar-refractivity contribution in [3.8, 4) is 0 Å². The number of nitro groups is 1. The summed E-state index contributed by atoms with van der Waals surface area (Å²) in [4.78, 5) is 45.2. The van der Waals surface area contributed by atoms with Gasteiger partial charge in [-0.05, 0) is 18.4 Å². The Bertz CT molecular complexity index is 708. The minimum absolute atomic E-state index is 0.0989. The second-order valence-corrected chi connectivity index (χ2v) is 6.30. The fraction of sp³-hybridized carbons (Fsp3) is 0.438. The summed E-state index contributed by atoms with van der Waals surface area (Å²) in [7, 11) is 0. The minimum Gasteiger partial charge on any atom is -0.465 e. The summed E-state index contributed by atoms with van der Waals surface area (Å²) < 4.78 is 10.0. The van der Waals surface area contributed by atoms with Gasteiger partial charge in [-0.1, -0.05) is 12.1 Å². The summed E-state index contributed by atoms with van der Waals surface area (Å²) in [5, 5.41) is 21.9. The Labute approximate surface area is 148 Å². The molecule has 1 aliphatic heterocycles. The molecular weight excluding hydrogens is 348 g/mol. The molecule has 26 heavy (non-hydrogen) atoms. The number of benzene rings is 1. The molecule has 1 heterocycles. The molecule has 1 aliphatic rings. The Hall–Kier alpha value is -3.17. The van der Waals surface area contributed by atoms with Crippen LogP contribution in [0.1, 0.15) is 25.8 Å². The number of carbonyl (C=O) groups is 3. The molecule has 1 saturated heterocycles. The predicted molar refractivity (Wildman–Crippen MR) is 86.1 cm³/mol. The van der Waals surface area contributed by atoms with Gasteiger partial charge in [-0.3, -0.25) is 19.7 Å². The number of nitrogens with one attached hydrogen (secondary N) is 1. The maximum Gasteiger partial charge on any atom is 0.404 e. The van der Waals surface area contributed by atoms with E-state index in [4.69, 9.17) is 14.6 Å². The standard InChI is InChI=1S/C16H18N2O8/c1-16(2)25-13(19)12(14(20)26-16)8-10(17-15(21)22)7-9-3-5-11(6-4-9)18(23)24/h3-6,10,12,17H,7-8H2,1-2H3,(H,21,22)/t10-/m0/s1. The lowest BCUT2D eigenvalue weighted by molar-refractivity contribution is -0.384. The number of carboxylic acid groups (broad SMARTS) is 1. The Morgan fingerprint density at radius 3 is 2.27 bits per heavy atom. The molecule has 1 amide bonds. The lowest BCUT2D eigenvalue weighted by atomic mass is 9.94. The number of carbonyl (C=O) groups excluding carboxylic acids is 2. The van der Waals surface area contributed by atoms with Gasteiger partial charge >= 0.3 is 18.0 Å². The molecule has 0 radical (unpaired) electrons. The van der Waals surface area contributed by atoms with E-state index in [1.165, 1.54) is 38.1 Å². The van der Waals surface area contributed by atoms with Gasteiger partial charge in [-0.15, -0.1) is 0 Å². The van der Waals surface area contributed by atoms with Gasteiger partial charge in [0.25, 0.3) is 11.5 Å². The predicted octanol–water partition coefficient (Wildman–Crippen LogP) is 1.62. The Kier molecular flexibility index (Phi) is 5.44. The first-order chi connectivity index (χ1) is 12.1. The number of nitro benzene ring substituents is 1. The zero-order valence-electron chi connectivity index (χ0n) is 14.1. The van der Waals surface area contributed by atoms with Gasteiger partial charge in [0.15, 0.2) is 5.92 Å². The number of esters is 2. The van der Waals surface area contributed by atoms with E-state index < -0.39 is 40.7 Å². The highest BCUT2D eigenvalue weighted by atomic mass is 16.7. The van der Waals surface area contributed by atoms with Crippen molar-refractivity contribution in [2.75, 3.05) is 0 Å². The third-order valence-corrected chi connectivity index (χ3v) is 3.74. The topological polar surface area (TPSA) is 145 Å². The number of cyclic esters (lactones) is 2. The molecule has 1 aromatic rings. The van der Waals surface area contributed by atoms with Crippen molar-refractivity contribution in [1.82, 2.24) is 5.32 Å². The van der Waals surface area contributed by atoms with E-state index in [9.17, 15) is 24.5 Å². The monoisotopic (exact) mass is 366 g/mol. The van der Waals surface area contributed by atoms with Crippen molar-refractivity contribution in [2.45, 2.75) is 38.5 Å². The summed E-state index contributed by atoms with van der Waals surface area (Å²) in [6, 6.07) is 4.75. The SMILES string of the molecule is CC1(C)OC(=O)C(C[C@H](Cc2ccc([N+](=O)[O-])cc2)NC(=O)O)C(=O)O1. The number of amides is 1. The van der Waals surface area contributed by atoms with E-state index in [2.05, 4.69) is 5.32 Å². The van der Waals surface area contributed by atoms with Crippen LogP contribution in [0.3, 0.4) is 0 Å².